The maximum atomic E-state index is 13.8. The molecule has 30 heavy (non-hydrogen) atoms. The van der Waals surface area contributed by atoms with Crippen molar-refractivity contribution in [2.45, 2.75) is 38.3 Å². The molecule has 0 saturated carbocycles. The number of nitrogens with one attached hydrogen (secondary N) is 1. The van der Waals surface area contributed by atoms with Crippen LogP contribution in [-0.2, 0) is 6.54 Å². The highest BCUT2D eigenvalue weighted by molar-refractivity contribution is 5.99. The van der Waals surface area contributed by atoms with Crippen LogP contribution in [0.3, 0.4) is 0 Å². The van der Waals surface area contributed by atoms with Crippen molar-refractivity contribution >= 4 is 11.8 Å². The van der Waals surface area contributed by atoms with E-state index >= 15 is 0 Å². The van der Waals surface area contributed by atoms with Crippen LogP contribution < -0.4 is 10.7 Å². The highest BCUT2D eigenvalue weighted by atomic mass is 19.1. The summed E-state index contributed by atoms with van der Waals surface area (Å²) in [5.74, 6) is -3.55. The van der Waals surface area contributed by atoms with Gasteiger partial charge in [0.25, 0.3) is 11.8 Å². The van der Waals surface area contributed by atoms with Crippen molar-refractivity contribution in [3.8, 4) is 5.75 Å². The topological polar surface area (TPSA) is 91.6 Å². The van der Waals surface area contributed by atoms with Gasteiger partial charge in [-0.25, -0.2) is 8.78 Å². The van der Waals surface area contributed by atoms with Crippen molar-refractivity contribution in [2.75, 3.05) is 13.1 Å². The zero-order valence-electron chi connectivity index (χ0n) is 16.2. The number of nitrogens with zero attached hydrogens (tertiary/aromatic N) is 2. The first-order chi connectivity index (χ1) is 14.4. The third-order valence-corrected chi connectivity index (χ3v) is 5.69. The zero-order valence-corrected chi connectivity index (χ0v) is 16.2. The number of amides is 2. The van der Waals surface area contributed by atoms with Crippen LogP contribution in [0.1, 0.15) is 58.1 Å². The van der Waals surface area contributed by atoms with Crippen molar-refractivity contribution < 1.29 is 23.5 Å². The van der Waals surface area contributed by atoms with Gasteiger partial charge in [0.15, 0.2) is 11.4 Å². The van der Waals surface area contributed by atoms with Crippen molar-refractivity contribution in [2.24, 2.45) is 0 Å². The first-order valence-electron chi connectivity index (χ1n) is 9.86. The van der Waals surface area contributed by atoms with Crippen LogP contribution in [0.25, 0.3) is 0 Å². The highest BCUT2D eigenvalue weighted by Gasteiger charge is 2.35. The highest BCUT2D eigenvalue weighted by Crippen LogP contribution is 2.31. The monoisotopic (exact) mass is 417 g/mol. The number of aromatic nitrogens is 1. The van der Waals surface area contributed by atoms with Crippen molar-refractivity contribution in [1.82, 2.24) is 14.8 Å². The molecule has 9 heteroatoms. The molecule has 1 fully saturated rings. The van der Waals surface area contributed by atoms with Crippen LogP contribution in [0.4, 0.5) is 8.78 Å². The molecular formula is C21H21F2N3O4. The smallest absolute Gasteiger partial charge is 0.274 e. The second kappa shape index (κ2) is 7.89. The second-order valence-electron chi connectivity index (χ2n) is 7.65. The van der Waals surface area contributed by atoms with E-state index in [2.05, 4.69) is 5.32 Å². The summed E-state index contributed by atoms with van der Waals surface area (Å²) in [5, 5.41) is 12.9. The largest absolute Gasteiger partial charge is 0.503 e. The van der Waals surface area contributed by atoms with E-state index in [1.165, 1.54) is 16.8 Å². The number of rotatable bonds is 3. The molecule has 1 aromatic carbocycles. The second-order valence-corrected chi connectivity index (χ2v) is 7.65. The summed E-state index contributed by atoms with van der Waals surface area (Å²) in [7, 11) is 0. The van der Waals surface area contributed by atoms with Crippen molar-refractivity contribution in [1.29, 1.82) is 0 Å². The number of fused-ring (bicyclic) bond motifs is 4. The van der Waals surface area contributed by atoms with Crippen LogP contribution in [0.2, 0.25) is 0 Å². The number of aromatic hydroxyl groups is 1. The van der Waals surface area contributed by atoms with E-state index < -0.39 is 34.6 Å². The minimum atomic E-state index is -0.954. The lowest BCUT2D eigenvalue weighted by molar-refractivity contribution is 0.0631. The summed E-state index contributed by atoms with van der Waals surface area (Å²) in [5.41, 5.74) is -1.33. The number of benzene rings is 1. The number of carbonyl (C=O) groups is 2. The predicted molar refractivity (Wildman–Crippen MR) is 103 cm³/mol. The first kappa shape index (κ1) is 20.1. The minimum Gasteiger partial charge on any atom is -0.503 e. The summed E-state index contributed by atoms with van der Waals surface area (Å²) >= 11 is 0. The third kappa shape index (κ3) is 3.55. The molecule has 1 atom stereocenters. The van der Waals surface area contributed by atoms with Crippen LogP contribution in [0, 0.1) is 11.6 Å². The summed E-state index contributed by atoms with van der Waals surface area (Å²) < 4.78 is 28.3. The van der Waals surface area contributed by atoms with Crippen molar-refractivity contribution in [3.63, 3.8) is 0 Å². The maximum absolute atomic E-state index is 13.8. The fraction of sp³-hybridized carbons (Fsp3) is 0.381. The number of carbonyl (C=O) groups excluding carboxylic acids is 2. The van der Waals surface area contributed by atoms with Crippen molar-refractivity contribution in [3.05, 3.63) is 63.1 Å². The van der Waals surface area contributed by atoms with Gasteiger partial charge in [0, 0.05) is 37.5 Å². The van der Waals surface area contributed by atoms with Gasteiger partial charge in [0.1, 0.15) is 17.2 Å². The molecule has 2 amide bonds. The molecule has 0 aliphatic carbocycles. The number of pyridine rings is 1. The Morgan fingerprint density at radius 3 is 2.77 bits per heavy atom. The van der Waals surface area contributed by atoms with E-state index in [4.69, 9.17) is 0 Å². The fourth-order valence-electron chi connectivity index (χ4n) is 4.07. The lowest BCUT2D eigenvalue weighted by atomic mass is 9.99. The predicted octanol–water partition coefficient (Wildman–Crippen LogP) is 2.33. The van der Waals surface area contributed by atoms with Gasteiger partial charge < -0.3 is 19.9 Å². The Morgan fingerprint density at radius 1 is 1.20 bits per heavy atom. The number of hydrogen-bond acceptors (Lipinski definition) is 4. The number of hydrogen-bond donors (Lipinski definition) is 2. The Labute approximate surface area is 170 Å². The molecule has 0 spiro atoms. The molecule has 158 valence electrons. The van der Waals surface area contributed by atoms with Gasteiger partial charge in [-0.3, -0.25) is 14.4 Å². The molecule has 1 aromatic heterocycles. The van der Waals surface area contributed by atoms with Gasteiger partial charge >= 0.3 is 0 Å². The van der Waals surface area contributed by atoms with E-state index in [9.17, 15) is 28.3 Å². The molecule has 4 rings (SSSR count). The van der Waals surface area contributed by atoms with Crippen LogP contribution >= 0.6 is 0 Å². The molecule has 2 aromatic rings. The average Bonchev–Trinajstić information content (AvgIpc) is 2.68. The molecule has 0 unspecified atom stereocenters. The van der Waals surface area contributed by atoms with E-state index in [1.807, 2.05) is 0 Å². The minimum absolute atomic E-state index is 0.0536. The molecule has 2 bridgehead atoms. The number of halogens is 2. The Bertz CT molecular complexity index is 1080. The lowest BCUT2D eigenvalue weighted by Gasteiger charge is -2.38. The third-order valence-electron chi connectivity index (χ3n) is 5.69. The van der Waals surface area contributed by atoms with Crippen LogP contribution in [-0.4, -0.2) is 39.5 Å². The Balaban J connectivity index is 1.65. The Morgan fingerprint density at radius 2 is 2.00 bits per heavy atom. The Hall–Kier alpha value is -3.23. The van der Waals surface area contributed by atoms with Crippen LogP contribution in [0.5, 0.6) is 5.75 Å². The summed E-state index contributed by atoms with van der Waals surface area (Å²) in [6, 6.07) is 2.82. The van der Waals surface area contributed by atoms with Gasteiger partial charge in [-0.15, -0.1) is 0 Å². The van der Waals surface area contributed by atoms with E-state index in [-0.39, 0.29) is 29.4 Å². The molecule has 2 N–H and O–H groups in total. The summed E-state index contributed by atoms with van der Waals surface area (Å²) in [6.07, 6.45) is 4.82. The SMILES string of the molecule is O=C(NCc1ccc(F)cc1F)c1cn2c(c(O)c1=O)C(=O)N1CCCCC[C@@H]2C1. The molecule has 0 radical (unpaired) electrons. The fourth-order valence-corrected chi connectivity index (χ4v) is 4.07. The van der Waals surface area contributed by atoms with E-state index in [0.29, 0.717) is 19.2 Å². The summed E-state index contributed by atoms with van der Waals surface area (Å²) in [4.78, 5) is 39.6. The molecule has 2 aliphatic heterocycles. The van der Waals surface area contributed by atoms with Gasteiger partial charge in [0.05, 0.1) is 6.04 Å². The zero-order chi connectivity index (χ0) is 21.4. The first-order valence-corrected chi connectivity index (χ1v) is 9.86. The van der Waals surface area contributed by atoms with Gasteiger partial charge in [-0.1, -0.05) is 18.9 Å². The molecule has 3 heterocycles. The molecule has 1 saturated heterocycles. The van der Waals surface area contributed by atoms with Gasteiger partial charge in [-0.2, -0.15) is 0 Å². The summed E-state index contributed by atoms with van der Waals surface area (Å²) in [6.45, 7) is 0.757. The Kier molecular flexibility index (Phi) is 5.27. The maximum Gasteiger partial charge on any atom is 0.274 e. The van der Waals surface area contributed by atoms with Crippen LogP contribution in [0.15, 0.2) is 29.2 Å². The lowest BCUT2D eigenvalue weighted by Crippen LogP contribution is -2.46. The standard InChI is InChI=1S/C21H21F2N3O4/c22-13-6-5-12(16(23)8-13)9-24-20(29)15-11-26-14-4-2-1-3-7-25(10-14)21(30)17(26)19(28)18(15)27/h5-6,8,11,14,28H,1-4,7,9-10H2,(H,24,29)/t14-/m1/s1. The normalized spacial score (nSPS) is 18.4. The van der Waals surface area contributed by atoms with E-state index in [0.717, 1.165) is 31.7 Å². The molecule has 2 aliphatic rings. The van der Waals surface area contributed by atoms with Gasteiger partial charge in [0.2, 0.25) is 5.43 Å². The molecule has 7 nitrogen and oxygen atoms in total. The quantitative estimate of drug-likeness (QED) is 0.802. The average molecular weight is 417 g/mol. The van der Waals surface area contributed by atoms with Gasteiger partial charge in [-0.05, 0) is 18.9 Å². The molecular weight excluding hydrogens is 396 g/mol. The van der Waals surface area contributed by atoms with E-state index in [1.54, 1.807) is 4.90 Å².